The van der Waals surface area contributed by atoms with E-state index >= 15 is 0 Å². The summed E-state index contributed by atoms with van der Waals surface area (Å²) in [5, 5.41) is 3.10. The summed E-state index contributed by atoms with van der Waals surface area (Å²) >= 11 is 0. The number of β-lactam (4-membered cyclic amide) rings is 1. The van der Waals surface area contributed by atoms with E-state index in [4.69, 9.17) is 0 Å². The van der Waals surface area contributed by atoms with Crippen molar-refractivity contribution in [1.82, 2.24) is 10.2 Å². The fraction of sp³-hybridized carbons (Fsp3) is 0.615. The zero-order chi connectivity index (χ0) is 22.5. The molecule has 4 rings (SSSR count). The van der Waals surface area contributed by atoms with E-state index in [-0.39, 0.29) is 41.6 Å². The number of hydrogen-bond donors (Lipinski definition) is 1. The number of carbonyl (C=O) groups is 4. The minimum Gasteiger partial charge on any atom is -0.349 e. The highest BCUT2D eigenvalue weighted by Gasteiger charge is 2.51. The first-order valence-corrected chi connectivity index (χ1v) is 12.3. The van der Waals surface area contributed by atoms with Crippen molar-refractivity contribution in [2.75, 3.05) is 0 Å². The highest BCUT2D eigenvalue weighted by Crippen LogP contribution is 2.39. The molecular formula is C26H34N2O4. The van der Waals surface area contributed by atoms with Crippen LogP contribution in [0.1, 0.15) is 97.8 Å². The summed E-state index contributed by atoms with van der Waals surface area (Å²) in [4.78, 5) is 51.9. The van der Waals surface area contributed by atoms with Gasteiger partial charge in [0, 0.05) is 17.2 Å². The van der Waals surface area contributed by atoms with Gasteiger partial charge in [0.25, 0.3) is 5.91 Å². The number of amides is 3. The topological polar surface area (TPSA) is 83.6 Å². The van der Waals surface area contributed by atoms with Crippen LogP contribution < -0.4 is 5.32 Å². The SMILES string of the molecule is O=Cc1ccc(C(=O)N[C@H]2CCCCCC[C@H]2C(=O)N2C(=O)[C@@H]3CCCCCC[C@@H]32)cc1. The summed E-state index contributed by atoms with van der Waals surface area (Å²) in [6.07, 6.45) is 12.6. The van der Waals surface area contributed by atoms with Crippen molar-refractivity contribution in [3.8, 4) is 0 Å². The summed E-state index contributed by atoms with van der Waals surface area (Å²) in [6.45, 7) is 0. The summed E-state index contributed by atoms with van der Waals surface area (Å²) in [5.74, 6) is -0.663. The van der Waals surface area contributed by atoms with Gasteiger partial charge in [0.15, 0.2) is 0 Å². The number of carbonyl (C=O) groups excluding carboxylic acids is 4. The maximum Gasteiger partial charge on any atom is 0.251 e. The molecule has 3 aliphatic rings. The van der Waals surface area contributed by atoms with E-state index in [9.17, 15) is 19.2 Å². The Morgan fingerprint density at radius 2 is 1.47 bits per heavy atom. The van der Waals surface area contributed by atoms with Crippen molar-refractivity contribution < 1.29 is 19.2 Å². The van der Waals surface area contributed by atoms with Crippen LogP contribution in [0, 0.1) is 11.8 Å². The number of aldehydes is 1. The van der Waals surface area contributed by atoms with Crippen LogP contribution >= 0.6 is 0 Å². The molecule has 0 aromatic heterocycles. The van der Waals surface area contributed by atoms with Crippen LogP contribution in [0.4, 0.5) is 0 Å². The van der Waals surface area contributed by atoms with Crippen LogP contribution in [-0.4, -0.2) is 41.0 Å². The maximum absolute atomic E-state index is 13.6. The number of nitrogens with one attached hydrogen (secondary N) is 1. The molecule has 6 nitrogen and oxygen atoms in total. The first kappa shape index (κ1) is 22.7. The highest BCUT2D eigenvalue weighted by molar-refractivity contribution is 6.03. The normalized spacial score (nSPS) is 28.8. The first-order chi connectivity index (χ1) is 15.6. The molecule has 0 spiro atoms. The quantitative estimate of drug-likeness (QED) is 0.432. The molecule has 1 N–H and O–H groups in total. The third-order valence-electron chi connectivity index (χ3n) is 7.56. The van der Waals surface area contributed by atoms with Crippen molar-refractivity contribution in [2.45, 2.75) is 89.1 Å². The largest absolute Gasteiger partial charge is 0.349 e. The minimum atomic E-state index is -0.358. The lowest BCUT2D eigenvalue weighted by Gasteiger charge is -2.48. The number of hydrogen-bond acceptors (Lipinski definition) is 4. The monoisotopic (exact) mass is 438 g/mol. The van der Waals surface area contributed by atoms with Crippen LogP contribution in [0.5, 0.6) is 0 Å². The number of rotatable bonds is 4. The molecule has 0 bridgehead atoms. The minimum absolute atomic E-state index is 0.00140. The van der Waals surface area contributed by atoms with E-state index in [0.717, 1.165) is 64.1 Å². The Bertz CT molecular complexity index is 850. The fourth-order valence-corrected chi connectivity index (χ4v) is 5.69. The van der Waals surface area contributed by atoms with Crippen LogP contribution in [-0.2, 0) is 9.59 Å². The van der Waals surface area contributed by atoms with Crippen molar-refractivity contribution in [3.63, 3.8) is 0 Å². The van der Waals surface area contributed by atoms with Gasteiger partial charge in [0.1, 0.15) is 6.29 Å². The number of benzene rings is 1. The molecule has 3 amide bonds. The number of fused-ring (bicyclic) bond motifs is 1. The molecule has 1 saturated heterocycles. The Morgan fingerprint density at radius 1 is 0.844 bits per heavy atom. The third-order valence-corrected chi connectivity index (χ3v) is 7.56. The molecule has 0 unspecified atom stereocenters. The average Bonchev–Trinajstić information content (AvgIpc) is 2.77. The second-order valence-electron chi connectivity index (χ2n) is 9.63. The molecule has 2 saturated carbocycles. The summed E-state index contributed by atoms with van der Waals surface area (Å²) in [5.41, 5.74) is 0.995. The van der Waals surface area contributed by atoms with E-state index in [1.807, 2.05) is 0 Å². The molecular weight excluding hydrogens is 404 g/mol. The smallest absolute Gasteiger partial charge is 0.251 e. The van der Waals surface area contributed by atoms with E-state index in [2.05, 4.69) is 5.32 Å². The summed E-state index contributed by atoms with van der Waals surface area (Å²) in [7, 11) is 0. The Morgan fingerprint density at radius 3 is 2.16 bits per heavy atom. The maximum atomic E-state index is 13.6. The first-order valence-electron chi connectivity index (χ1n) is 12.3. The molecule has 2 aliphatic carbocycles. The lowest BCUT2D eigenvalue weighted by atomic mass is 9.76. The van der Waals surface area contributed by atoms with Gasteiger partial charge in [-0.2, -0.15) is 0 Å². The van der Waals surface area contributed by atoms with Crippen molar-refractivity contribution >= 4 is 24.0 Å². The van der Waals surface area contributed by atoms with Crippen molar-refractivity contribution in [1.29, 1.82) is 0 Å². The second-order valence-corrected chi connectivity index (χ2v) is 9.63. The Balaban J connectivity index is 1.49. The Kier molecular flexibility index (Phi) is 7.38. The van der Waals surface area contributed by atoms with Crippen LogP contribution in [0.15, 0.2) is 24.3 Å². The van der Waals surface area contributed by atoms with E-state index < -0.39 is 0 Å². The molecule has 6 heteroatoms. The third kappa shape index (κ3) is 4.79. The summed E-state index contributed by atoms with van der Waals surface area (Å²) in [6, 6.07) is 6.29. The van der Waals surface area contributed by atoms with Gasteiger partial charge >= 0.3 is 0 Å². The van der Waals surface area contributed by atoms with Crippen molar-refractivity contribution in [3.05, 3.63) is 35.4 Å². The number of likely N-dealkylation sites (tertiary alicyclic amines) is 1. The number of imide groups is 1. The van der Waals surface area contributed by atoms with Gasteiger partial charge in [-0.25, -0.2) is 0 Å². The zero-order valence-corrected chi connectivity index (χ0v) is 18.8. The zero-order valence-electron chi connectivity index (χ0n) is 18.8. The second kappa shape index (κ2) is 10.4. The standard InChI is InChI=1S/C26H34N2O4/c29-17-18-13-15-19(16-14-18)24(30)27-22-11-7-3-1-5-9-20(22)25(31)28-23-12-8-4-2-6-10-21(23)26(28)32/h13-17,20-23H,1-12H2,(H,27,30)/t20-,21-,22+,23+/m1/s1. The van der Waals surface area contributed by atoms with Gasteiger partial charge in [-0.1, -0.05) is 63.5 Å². The predicted octanol–water partition coefficient (Wildman–Crippen LogP) is 4.28. The van der Waals surface area contributed by atoms with Gasteiger partial charge < -0.3 is 5.32 Å². The molecule has 32 heavy (non-hydrogen) atoms. The molecule has 1 aromatic rings. The lowest BCUT2D eigenvalue weighted by Crippen LogP contribution is -2.65. The van der Waals surface area contributed by atoms with Crippen LogP contribution in [0.25, 0.3) is 0 Å². The molecule has 3 fully saturated rings. The Hall–Kier alpha value is -2.50. The Labute approximate surface area is 190 Å². The molecule has 1 aliphatic heterocycles. The fourth-order valence-electron chi connectivity index (χ4n) is 5.69. The van der Waals surface area contributed by atoms with Gasteiger partial charge in [0.05, 0.1) is 17.9 Å². The van der Waals surface area contributed by atoms with Gasteiger partial charge in [-0.3, -0.25) is 24.1 Å². The molecule has 0 radical (unpaired) electrons. The predicted molar refractivity (Wildman–Crippen MR) is 121 cm³/mol. The van der Waals surface area contributed by atoms with Crippen LogP contribution in [0.2, 0.25) is 0 Å². The lowest BCUT2D eigenvalue weighted by molar-refractivity contribution is -0.170. The van der Waals surface area contributed by atoms with Gasteiger partial charge in [-0.05, 0) is 37.8 Å². The van der Waals surface area contributed by atoms with Gasteiger partial charge in [-0.15, -0.1) is 0 Å². The van der Waals surface area contributed by atoms with Crippen molar-refractivity contribution in [2.24, 2.45) is 11.8 Å². The molecule has 1 heterocycles. The molecule has 4 atom stereocenters. The highest BCUT2D eigenvalue weighted by atomic mass is 16.2. The summed E-state index contributed by atoms with van der Waals surface area (Å²) < 4.78 is 0. The van der Waals surface area contributed by atoms with E-state index in [1.165, 1.54) is 12.8 Å². The van der Waals surface area contributed by atoms with Gasteiger partial charge in [0.2, 0.25) is 11.8 Å². The molecule has 1 aromatic carbocycles. The number of nitrogens with zero attached hydrogens (tertiary/aromatic N) is 1. The van der Waals surface area contributed by atoms with E-state index in [0.29, 0.717) is 17.5 Å². The molecule has 172 valence electrons. The van der Waals surface area contributed by atoms with Crippen LogP contribution in [0.3, 0.4) is 0 Å². The average molecular weight is 439 g/mol. The van der Waals surface area contributed by atoms with E-state index in [1.54, 1.807) is 29.2 Å².